The first-order valence-electron chi connectivity index (χ1n) is 9.63. The fraction of sp³-hybridized carbons (Fsp3) is 0.571. The van der Waals surface area contributed by atoms with Crippen LogP contribution >= 0.6 is 0 Å². The van der Waals surface area contributed by atoms with Crippen molar-refractivity contribution in [2.24, 2.45) is 0 Å². The van der Waals surface area contributed by atoms with Gasteiger partial charge in [0.25, 0.3) is 0 Å². The fourth-order valence-electron chi connectivity index (χ4n) is 3.08. The molecule has 26 heavy (non-hydrogen) atoms. The molecule has 0 aromatic heterocycles. The average Bonchev–Trinajstić information content (AvgIpc) is 2.64. The highest BCUT2D eigenvalue weighted by molar-refractivity contribution is 5.88. The van der Waals surface area contributed by atoms with Crippen molar-refractivity contribution in [1.82, 2.24) is 0 Å². The molecule has 0 N–H and O–H groups in total. The third-order valence-corrected chi connectivity index (χ3v) is 4.22. The molecule has 0 unspecified atom stereocenters. The van der Waals surface area contributed by atoms with Crippen molar-refractivity contribution in [2.45, 2.75) is 59.0 Å². The molecule has 0 atom stereocenters. The molecule has 5 nitrogen and oxygen atoms in total. The van der Waals surface area contributed by atoms with Gasteiger partial charge in [-0.05, 0) is 64.7 Å². The maximum absolute atomic E-state index is 12.1. The molecule has 0 heterocycles. The van der Waals surface area contributed by atoms with Gasteiger partial charge in [0.05, 0.1) is 19.8 Å². The molecular formula is C21H30O5. The second kappa shape index (κ2) is 10.7. The van der Waals surface area contributed by atoms with Gasteiger partial charge >= 0.3 is 5.97 Å². The molecule has 1 fully saturated rings. The van der Waals surface area contributed by atoms with Crippen molar-refractivity contribution < 1.29 is 23.7 Å². The summed E-state index contributed by atoms with van der Waals surface area (Å²) < 4.78 is 22.7. The molecule has 1 saturated carbocycles. The number of benzene rings is 1. The summed E-state index contributed by atoms with van der Waals surface area (Å²) in [4.78, 5) is 12.1. The second-order valence-electron chi connectivity index (χ2n) is 6.14. The van der Waals surface area contributed by atoms with E-state index in [9.17, 15) is 4.79 Å². The predicted molar refractivity (Wildman–Crippen MR) is 102 cm³/mol. The van der Waals surface area contributed by atoms with E-state index in [0.29, 0.717) is 37.1 Å². The Morgan fingerprint density at radius 2 is 1.62 bits per heavy atom. The molecule has 5 heteroatoms. The normalized spacial score (nSPS) is 15.0. The maximum atomic E-state index is 12.1. The van der Waals surface area contributed by atoms with Gasteiger partial charge in [0.1, 0.15) is 6.10 Å². The smallest absolute Gasteiger partial charge is 0.331 e. The van der Waals surface area contributed by atoms with E-state index in [-0.39, 0.29) is 12.1 Å². The lowest BCUT2D eigenvalue weighted by atomic mass is 9.98. The standard InChI is InChI=1S/C21H30O5/c1-4-23-18-14-12-16(20(24-5-2)21(18)25-6-3)13-15-19(22)26-17-10-8-7-9-11-17/h12-15,17H,4-11H2,1-3H3. The van der Waals surface area contributed by atoms with Crippen molar-refractivity contribution >= 4 is 12.0 Å². The van der Waals surface area contributed by atoms with E-state index in [4.69, 9.17) is 18.9 Å². The first kappa shape index (κ1) is 20.1. The molecule has 0 amide bonds. The maximum Gasteiger partial charge on any atom is 0.331 e. The fourth-order valence-corrected chi connectivity index (χ4v) is 3.08. The molecule has 1 aliphatic rings. The van der Waals surface area contributed by atoms with Crippen LogP contribution in [0.15, 0.2) is 18.2 Å². The summed E-state index contributed by atoms with van der Waals surface area (Å²) in [6, 6.07) is 3.70. The summed E-state index contributed by atoms with van der Waals surface area (Å²) in [5.41, 5.74) is 0.763. The molecular weight excluding hydrogens is 332 g/mol. The Balaban J connectivity index is 2.17. The zero-order chi connectivity index (χ0) is 18.8. The van der Waals surface area contributed by atoms with Crippen molar-refractivity contribution in [1.29, 1.82) is 0 Å². The highest BCUT2D eigenvalue weighted by Gasteiger charge is 2.18. The van der Waals surface area contributed by atoms with E-state index in [0.717, 1.165) is 31.2 Å². The van der Waals surface area contributed by atoms with Crippen LogP contribution in [0.2, 0.25) is 0 Å². The first-order valence-corrected chi connectivity index (χ1v) is 9.63. The van der Waals surface area contributed by atoms with Crippen LogP contribution < -0.4 is 14.2 Å². The van der Waals surface area contributed by atoms with E-state index in [1.165, 1.54) is 12.5 Å². The second-order valence-corrected chi connectivity index (χ2v) is 6.14. The molecule has 2 rings (SSSR count). The summed E-state index contributed by atoms with van der Waals surface area (Å²) in [5.74, 6) is 1.48. The van der Waals surface area contributed by atoms with Crippen molar-refractivity contribution in [2.75, 3.05) is 19.8 Å². The van der Waals surface area contributed by atoms with Crippen molar-refractivity contribution in [3.8, 4) is 17.2 Å². The van der Waals surface area contributed by atoms with E-state index in [1.54, 1.807) is 6.08 Å². The summed E-state index contributed by atoms with van der Waals surface area (Å²) in [5, 5.41) is 0. The van der Waals surface area contributed by atoms with Crippen molar-refractivity contribution in [3.63, 3.8) is 0 Å². The SMILES string of the molecule is CCOc1ccc(C=CC(=O)OC2CCCCC2)c(OCC)c1OCC. The third kappa shape index (κ3) is 5.68. The van der Waals surface area contributed by atoms with Gasteiger partial charge in [-0.25, -0.2) is 4.79 Å². The molecule has 0 radical (unpaired) electrons. The molecule has 1 aliphatic carbocycles. The van der Waals surface area contributed by atoms with Crippen LogP contribution in [0, 0.1) is 0 Å². The summed E-state index contributed by atoms with van der Waals surface area (Å²) in [7, 11) is 0. The molecule has 0 saturated heterocycles. The Kier molecular flexibility index (Phi) is 8.32. The average molecular weight is 362 g/mol. The lowest BCUT2D eigenvalue weighted by molar-refractivity contribution is -0.144. The Bertz CT molecular complexity index is 603. The number of hydrogen-bond acceptors (Lipinski definition) is 5. The molecule has 1 aromatic rings. The molecule has 0 bridgehead atoms. The molecule has 144 valence electrons. The zero-order valence-electron chi connectivity index (χ0n) is 16.1. The lowest BCUT2D eigenvalue weighted by Crippen LogP contribution is -2.19. The van der Waals surface area contributed by atoms with Crippen LogP contribution in [0.4, 0.5) is 0 Å². The number of rotatable bonds is 9. The van der Waals surface area contributed by atoms with Gasteiger partial charge < -0.3 is 18.9 Å². The molecule has 1 aromatic carbocycles. The molecule has 0 aliphatic heterocycles. The predicted octanol–water partition coefficient (Wildman–Crippen LogP) is 4.77. The van der Waals surface area contributed by atoms with Gasteiger partial charge in [0.2, 0.25) is 5.75 Å². The number of carbonyl (C=O) groups excluding carboxylic acids is 1. The quantitative estimate of drug-likeness (QED) is 0.468. The highest BCUT2D eigenvalue weighted by atomic mass is 16.5. The lowest BCUT2D eigenvalue weighted by Gasteiger charge is -2.21. The minimum absolute atomic E-state index is 0.0478. The van der Waals surface area contributed by atoms with Crippen LogP contribution in [-0.4, -0.2) is 31.9 Å². The van der Waals surface area contributed by atoms with Crippen LogP contribution in [0.3, 0.4) is 0 Å². The first-order chi connectivity index (χ1) is 12.7. The number of ether oxygens (including phenoxy) is 4. The van der Waals surface area contributed by atoms with Crippen LogP contribution in [0.25, 0.3) is 6.08 Å². The van der Waals surface area contributed by atoms with Crippen LogP contribution in [-0.2, 0) is 9.53 Å². The van der Waals surface area contributed by atoms with Gasteiger partial charge in [0.15, 0.2) is 11.5 Å². The number of hydrogen-bond donors (Lipinski definition) is 0. The highest BCUT2D eigenvalue weighted by Crippen LogP contribution is 2.41. The van der Waals surface area contributed by atoms with E-state index in [1.807, 2.05) is 32.9 Å². The number of esters is 1. The van der Waals surface area contributed by atoms with E-state index >= 15 is 0 Å². The topological polar surface area (TPSA) is 54.0 Å². The monoisotopic (exact) mass is 362 g/mol. The van der Waals surface area contributed by atoms with Crippen molar-refractivity contribution in [3.05, 3.63) is 23.8 Å². The van der Waals surface area contributed by atoms with Gasteiger partial charge in [0, 0.05) is 11.6 Å². The summed E-state index contributed by atoms with van der Waals surface area (Å²) in [6.07, 6.45) is 8.64. The Hall–Kier alpha value is -2.17. The molecule has 0 spiro atoms. The van der Waals surface area contributed by atoms with Gasteiger partial charge in [-0.2, -0.15) is 0 Å². The minimum Gasteiger partial charge on any atom is -0.490 e. The van der Waals surface area contributed by atoms with E-state index < -0.39 is 0 Å². The minimum atomic E-state index is -0.314. The Morgan fingerprint density at radius 3 is 2.27 bits per heavy atom. The van der Waals surface area contributed by atoms with Gasteiger partial charge in [-0.3, -0.25) is 0 Å². The summed E-state index contributed by atoms with van der Waals surface area (Å²) >= 11 is 0. The largest absolute Gasteiger partial charge is 0.490 e. The van der Waals surface area contributed by atoms with Crippen LogP contribution in [0.5, 0.6) is 17.2 Å². The van der Waals surface area contributed by atoms with Gasteiger partial charge in [-0.1, -0.05) is 6.42 Å². The zero-order valence-corrected chi connectivity index (χ0v) is 16.1. The van der Waals surface area contributed by atoms with Gasteiger partial charge in [-0.15, -0.1) is 0 Å². The Morgan fingerprint density at radius 1 is 0.962 bits per heavy atom. The Labute approximate surface area is 156 Å². The van der Waals surface area contributed by atoms with Crippen LogP contribution in [0.1, 0.15) is 58.4 Å². The number of carbonyl (C=O) groups is 1. The summed E-state index contributed by atoms with van der Waals surface area (Å²) in [6.45, 7) is 7.27. The van der Waals surface area contributed by atoms with E-state index in [2.05, 4.69) is 0 Å². The third-order valence-electron chi connectivity index (χ3n) is 4.22.